The molecule has 12 aromatic rings. The second-order valence-electron chi connectivity index (χ2n) is 16.8. The van der Waals surface area contributed by atoms with Gasteiger partial charge in [0.2, 0.25) is 5.95 Å². The van der Waals surface area contributed by atoms with E-state index in [1.54, 1.807) is 0 Å². The Balaban J connectivity index is 1.13. The van der Waals surface area contributed by atoms with Crippen molar-refractivity contribution < 1.29 is 0 Å². The summed E-state index contributed by atoms with van der Waals surface area (Å²) in [6.45, 7) is 0. The Bertz CT molecular complexity index is 3840. The van der Waals surface area contributed by atoms with Crippen LogP contribution in [0.15, 0.2) is 224 Å². The maximum Gasteiger partial charge on any atom is 0.235 e. The second kappa shape index (κ2) is 14.4. The molecule has 0 bridgehead atoms. The minimum Gasteiger partial charge on any atom is -0.307 e. The number of fused-ring (bicyclic) bond motifs is 10. The summed E-state index contributed by atoms with van der Waals surface area (Å²) in [6.07, 6.45) is 0. The van der Waals surface area contributed by atoms with Crippen LogP contribution in [-0.2, 0) is 5.41 Å². The van der Waals surface area contributed by atoms with Gasteiger partial charge in [0.05, 0.1) is 50.5 Å². The van der Waals surface area contributed by atoms with Gasteiger partial charge in [0, 0.05) is 38.4 Å². The molecule has 0 N–H and O–H groups in total. The third kappa shape index (κ3) is 5.38. The van der Waals surface area contributed by atoms with Crippen molar-refractivity contribution in [3.05, 3.63) is 252 Å². The van der Waals surface area contributed by atoms with Crippen molar-refractivity contribution in [2.45, 2.75) is 5.41 Å². The predicted octanol–water partition coefficient (Wildman–Crippen LogP) is 14.2. The predicted molar refractivity (Wildman–Crippen MR) is 264 cm³/mol. The van der Waals surface area contributed by atoms with Gasteiger partial charge in [-0.15, -0.1) is 0 Å². The maximum atomic E-state index is 10.2. The Kier molecular flexibility index (Phi) is 8.12. The molecule has 0 spiro atoms. The van der Waals surface area contributed by atoms with Crippen molar-refractivity contribution in [1.82, 2.24) is 19.1 Å². The third-order valence-corrected chi connectivity index (χ3v) is 13.4. The fraction of sp³-hybridized carbons (Fsp3) is 0.0167. The number of rotatable bonds is 6. The van der Waals surface area contributed by atoms with Crippen molar-refractivity contribution in [1.29, 1.82) is 5.26 Å². The molecule has 0 radical (unpaired) electrons. The van der Waals surface area contributed by atoms with Gasteiger partial charge in [-0.05, 0) is 81.9 Å². The number of nitriles is 1. The van der Waals surface area contributed by atoms with Gasteiger partial charge in [-0.1, -0.05) is 176 Å². The Hall–Kier alpha value is -8.85. The molecule has 0 fully saturated rings. The van der Waals surface area contributed by atoms with Gasteiger partial charge in [0.25, 0.3) is 0 Å². The number of aromatic nitrogens is 4. The normalized spacial score (nSPS) is 12.7. The van der Waals surface area contributed by atoms with Crippen molar-refractivity contribution in [2.75, 3.05) is 0 Å². The van der Waals surface area contributed by atoms with E-state index >= 15 is 0 Å². The lowest BCUT2D eigenvalue weighted by Gasteiger charge is -2.34. The molecule has 3 aromatic heterocycles. The molecule has 5 nitrogen and oxygen atoms in total. The molecule has 0 saturated carbocycles. The van der Waals surface area contributed by atoms with Gasteiger partial charge in [-0.3, -0.25) is 4.57 Å². The molecule has 0 amide bonds. The lowest BCUT2D eigenvalue weighted by Crippen LogP contribution is -2.28. The van der Waals surface area contributed by atoms with Crippen molar-refractivity contribution in [3.8, 4) is 51.3 Å². The van der Waals surface area contributed by atoms with Gasteiger partial charge < -0.3 is 4.57 Å². The zero-order chi connectivity index (χ0) is 43.1. The summed E-state index contributed by atoms with van der Waals surface area (Å²) in [5, 5.41) is 14.9. The van der Waals surface area contributed by atoms with Crippen LogP contribution in [0.25, 0.3) is 88.9 Å². The topological polar surface area (TPSA) is 59.4 Å². The Morgan fingerprint density at radius 3 is 1.51 bits per heavy atom. The molecule has 0 saturated heterocycles. The number of hydrogen-bond acceptors (Lipinski definition) is 3. The highest BCUT2D eigenvalue weighted by atomic mass is 15.2. The van der Waals surface area contributed by atoms with Crippen LogP contribution in [-0.4, -0.2) is 19.1 Å². The van der Waals surface area contributed by atoms with Crippen molar-refractivity contribution >= 4 is 43.6 Å². The van der Waals surface area contributed by atoms with Crippen LogP contribution < -0.4 is 0 Å². The van der Waals surface area contributed by atoms with E-state index in [-0.39, 0.29) is 0 Å². The van der Waals surface area contributed by atoms with Gasteiger partial charge in [-0.25, -0.2) is 9.97 Å². The summed E-state index contributed by atoms with van der Waals surface area (Å²) in [7, 11) is 0. The summed E-state index contributed by atoms with van der Waals surface area (Å²) < 4.78 is 4.68. The van der Waals surface area contributed by atoms with Crippen LogP contribution in [0.4, 0.5) is 0 Å². The Morgan fingerprint density at radius 2 is 0.892 bits per heavy atom. The first-order chi connectivity index (χ1) is 32.2. The zero-order valence-corrected chi connectivity index (χ0v) is 35.1. The zero-order valence-electron chi connectivity index (χ0n) is 35.1. The average molecular weight is 828 g/mol. The van der Waals surface area contributed by atoms with Crippen molar-refractivity contribution in [2.24, 2.45) is 0 Å². The molecule has 0 aliphatic heterocycles. The van der Waals surface area contributed by atoms with Crippen LogP contribution in [0, 0.1) is 11.3 Å². The monoisotopic (exact) mass is 827 g/mol. The maximum absolute atomic E-state index is 10.2. The van der Waals surface area contributed by atoms with E-state index in [1.807, 2.05) is 12.1 Å². The molecule has 9 aromatic carbocycles. The van der Waals surface area contributed by atoms with Crippen LogP contribution in [0.2, 0.25) is 0 Å². The first kappa shape index (κ1) is 36.8. The number of hydrogen-bond donors (Lipinski definition) is 0. The molecule has 0 atom stereocenters. The highest BCUT2D eigenvalue weighted by Gasteiger charge is 2.46. The van der Waals surface area contributed by atoms with Crippen LogP contribution in [0.5, 0.6) is 0 Å². The molecule has 1 aliphatic carbocycles. The van der Waals surface area contributed by atoms with E-state index in [0.717, 1.165) is 99.8 Å². The van der Waals surface area contributed by atoms with E-state index in [1.165, 1.54) is 5.39 Å². The first-order valence-corrected chi connectivity index (χ1v) is 22.0. The van der Waals surface area contributed by atoms with E-state index in [4.69, 9.17) is 9.97 Å². The molecule has 3 heterocycles. The lowest BCUT2D eigenvalue weighted by molar-refractivity contribution is 0.768. The number of benzene rings is 9. The van der Waals surface area contributed by atoms with Gasteiger partial charge >= 0.3 is 0 Å². The quantitative estimate of drug-likeness (QED) is 0.168. The highest BCUT2D eigenvalue weighted by Crippen LogP contribution is 2.57. The van der Waals surface area contributed by atoms with Crippen LogP contribution >= 0.6 is 0 Å². The molecule has 13 rings (SSSR count). The van der Waals surface area contributed by atoms with Gasteiger partial charge in [0.15, 0.2) is 0 Å². The Labute approximate surface area is 375 Å². The Morgan fingerprint density at radius 1 is 0.400 bits per heavy atom. The molecule has 1 aliphatic rings. The minimum absolute atomic E-state index is 0.588. The minimum atomic E-state index is -0.697. The lowest BCUT2D eigenvalue weighted by atomic mass is 9.67. The van der Waals surface area contributed by atoms with E-state index in [9.17, 15) is 5.26 Å². The summed E-state index contributed by atoms with van der Waals surface area (Å²) in [4.78, 5) is 11.1. The molecule has 0 unspecified atom stereocenters. The van der Waals surface area contributed by atoms with Crippen LogP contribution in [0.1, 0.15) is 27.8 Å². The highest BCUT2D eigenvalue weighted by molar-refractivity contribution is 6.23. The first-order valence-electron chi connectivity index (χ1n) is 22.0. The fourth-order valence-electron chi connectivity index (χ4n) is 10.7. The molecule has 5 heteroatoms. The molecular formula is C60H37N5. The number of nitrogens with zero attached hydrogens (tertiary/aromatic N) is 5. The van der Waals surface area contributed by atoms with E-state index in [0.29, 0.717) is 11.5 Å². The van der Waals surface area contributed by atoms with E-state index in [2.05, 4.69) is 228 Å². The summed E-state index contributed by atoms with van der Waals surface area (Å²) in [5.41, 5.74) is 15.7. The summed E-state index contributed by atoms with van der Waals surface area (Å²) >= 11 is 0. The van der Waals surface area contributed by atoms with Gasteiger partial charge in [-0.2, -0.15) is 5.26 Å². The summed E-state index contributed by atoms with van der Waals surface area (Å²) in [5.74, 6) is 0.588. The molecule has 302 valence electrons. The van der Waals surface area contributed by atoms with Crippen molar-refractivity contribution in [3.63, 3.8) is 0 Å². The summed E-state index contributed by atoms with van der Waals surface area (Å²) in [6, 6.07) is 81.8. The standard InChI is InChI=1S/C60H37N5/c61-38-39-29-31-45-46-32-30-41(36-52(46)60(51(45)35-39,42-19-7-2-8-20-42)43-21-9-3-10-22-43)54-37-53(40-17-5-1-6-18-40)62-59(63-54)65-56-28-16-14-26-48(56)50-34-33-49-47-25-13-15-27-55(47)64(57(49)58(50)65)44-23-11-4-12-24-44/h1-37H. The number of para-hydroxylation sites is 3. The molecule has 65 heavy (non-hydrogen) atoms. The average Bonchev–Trinajstić information content (AvgIpc) is 4.01. The SMILES string of the molecule is N#Cc1ccc2c(c1)C(c1ccccc1)(c1ccccc1)c1cc(-c3cc(-c4ccccc4)nc(-n4c5ccccc5c5ccc6c7ccccc7n(-c7ccccc7)c6c54)n3)ccc1-2. The fourth-order valence-corrected chi connectivity index (χ4v) is 10.7. The smallest absolute Gasteiger partial charge is 0.235 e. The van der Waals surface area contributed by atoms with Gasteiger partial charge in [0.1, 0.15) is 0 Å². The largest absolute Gasteiger partial charge is 0.307 e. The third-order valence-electron chi connectivity index (χ3n) is 13.4. The molecular weight excluding hydrogens is 791 g/mol. The van der Waals surface area contributed by atoms with Crippen LogP contribution in [0.3, 0.4) is 0 Å². The van der Waals surface area contributed by atoms with E-state index < -0.39 is 5.41 Å². The second-order valence-corrected chi connectivity index (χ2v) is 16.8.